The monoisotopic (exact) mass is 2330 g/mol. The zero-order valence-corrected chi connectivity index (χ0v) is 80.1. The van der Waals surface area contributed by atoms with E-state index in [0.29, 0.717) is 11.8 Å². The molecule has 12 heteroatoms. The Bertz CT molecular complexity index is 7830. The number of para-hydroxylation sites is 1. The van der Waals surface area contributed by atoms with Gasteiger partial charge in [-0.3, -0.25) is 19.9 Å². The Kier molecular flexibility index (Phi) is 25.2. The largest absolute Gasteiger partial charge is 0.340 e. The smallest absolute Gasteiger partial charge is 0.0646 e. The van der Waals surface area contributed by atoms with E-state index in [1.54, 1.807) is 0 Å². The molecule has 0 aliphatic rings. The van der Waals surface area contributed by atoms with Crippen LogP contribution in [-0.4, -0.2) is 37.5 Å². The quantitative estimate of drug-likeness (QED) is 0.107. The van der Waals surface area contributed by atoms with E-state index < -0.39 is 0 Å². The molecule has 125 heavy (non-hydrogen) atoms. The summed E-state index contributed by atoms with van der Waals surface area (Å²) in [5.74, 6) is 0.864. The van der Waals surface area contributed by atoms with Crippen LogP contribution >= 0.6 is 0 Å². The van der Waals surface area contributed by atoms with E-state index in [9.17, 15) is 0 Å². The first-order valence-electron chi connectivity index (χ1n) is 41.7. The van der Waals surface area contributed by atoms with E-state index in [2.05, 4.69) is 394 Å². The third-order valence-electron chi connectivity index (χ3n) is 24.3. The molecule has 0 saturated carbocycles. The summed E-state index contributed by atoms with van der Waals surface area (Å²) in [7, 11) is 0. The zero-order valence-electron chi connectivity index (χ0n) is 70.5. The number of imidazole rings is 4. The summed E-state index contributed by atoms with van der Waals surface area (Å²) in [6.07, 6.45) is 9.98. The summed E-state index contributed by atoms with van der Waals surface area (Å²) < 4.78 is 9.15. The Balaban J connectivity index is 0.000000125. The van der Waals surface area contributed by atoms with Gasteiger partial charge in [0.2, 0.25) is 0 Å². The molecule has 8 aromatic heterocycles. The van der Waals surface area contributed by atoms with Crippen molar-refractivity contribution in [2.75, 3.05) is 0 Å². The Morgan fingerprint density at radius 3 is 0.992 bits per heavy atom. The van der Waals surface area contributed by atoms with Gasteiger partial charge in [0.25, 0.3) is 0 Å². The number of pyridine rings is 4. The topological polar surface area (TPSA) is 69.2 Å². The molecule has 0 aliphatic carbocycles. The van der Waals surface area contributed by atoms with E-state index in [4.69, 9.17) is 15.0 Å². The molecule has 0 amide bonds. The number of hydrogen-bond acceptors (Lipinski definition) is 4. The van der Waals surface area contributed by atoms with Gasteiger partial charge in [0.15, 0.2) is 0 Å². The van der Waals surface area contributed by atoms with Crippen molar-refractivity contribution in [2.24, 2.45) is 0 Å². The summed E-state index contributed by atoms with van der Waals surface area (Å²) in [6, 6.07) is 125. The summed E-state index contributed by atoms with van der Waals surface area (Å²) in [5, 5.41) is 14.0. The van der Waals surface area contributed by atoms with Crippen LogP contribution in [0.4, 0.5) is 0 Å². The molecule has 0 bridgehead atoms. The molecule has 0 N–H and O–H groups in total. The number of hydrogen-bond donors (Lipinski definition) is 0. The fourth-order valence-electron chi connectivity index (χ4n) is 18.2. The normalized spacial score (nSPS) is 11.3. The van der Waals surface area contributed by atoms with Crippen LogP contribution in [-0.2, 0) is 80.4 Å². The van der Waals surface area contributed by atoms with Crippen molar-refractivity contribution < 1.29 is 80.4 Å². The van der Waals surface area contributed by atoms with Crippen LogP contribution in [0.2, 0.25) is 0 Å². The molecule has 0 saturated heterocycles. The van der Waals surface area contributed by atoms with E-state index in [1.807, 2.05) is 61.2 Å². The second-order valence-electron chi connectivity index (χ2n) is 32.3. The third-order valence-corrected chi connectivity index (χ3v) is 24.3. The van der Waals surface area contributed by atoms with Gasteiger partial charge in [-0.2, -0.15) is 0 Å². The average Bonchev–Trinajstić information content (AvgIpc) is 1.67. The molecule has 8 nitrogen and oxygen atoms in total. The number of aryl methyl sites for hydroxylation is 5. The Hall–Kier alpha value is -12.3. The molecule has 618 valence electrons. The first-order chi connectivity index (χ1) is 59.3. The first-order valence-corrected chi connectivity index (χ1v) is 41.7. The van der Waals surface area contributed by atoms with Crippen molar-refractivity contribution in [1.29, 1.82) is 0 Å². The average molecular weight is 2320 g/mol. The Labute approximate surface area is 782 Å². The first kappa shape index (κ1) is 86.3. The van der Waals surface area contributed by atoms with Crippen molar-refractivity contribution in [2.45, 2.75) is 74.1 Å². The van der Waals surface area contributed by atoms with E-state index in [0.717, 1.165) is 61.0 Å². The van der Waals surface area contributed by atoms with Gasteiger partial charge < -0.3 is 17.6 Å². The van der Waals surface area contributed by atoms with Crippen LogP contribution in [0.3, 0.4) is 0 Å². The Morgan fingerprint density at radius 2 is 0.592 bits per heavy atom. The van der Waals surface area contributed by atoms with Crippen LogP contribution in [0.1, 0.15) is 78.5 Å². The fraction of sp³-hybridized carbons (Fsp3) is 0.0973. The molecular weight excluding hydrogens is 2240 g/mol. The second kappa shape index (κ2) is 36.5. The molecule has 8 heterocycles. The van der Waals surface area contributed by atoms with Gasteiger partial charge in [-0.1, -0.05) is 273 Å². The molecule has 23 rings (SSSR count). The molecule has 0 atom stereocenters. The molecule has 4 radical (unpaired) electrons. The van der Waals surface area contributed by atoms with Crippen LogP contribution in [0.25, 0.3) is 188 Å². The zero-order chi connectivity index (χ0) is 82.1. The molecule has 0 aliphatic heterocycles. The van der Waals surface area contributed by atoms with Gasteiger partial charge in [-0.25, -0.2) is 0 Å². The molecule has 15 aromatic carbocycles. The fourth-order valence-corrected chi connectivity index (χ4v) is 18.2. The maximum Gasteiger partial charge on any atom is 0.0646 e. The maximum absolute atomic E-state index is 5.03. The van der Waals surface area contributed by atoms with Crippen LogP contribution in [0.15, 0.2) is 346 Å². The van der Waals surface area contributed by atoms with E-state index in [1.165, 1.54) is 165 Å². The third kappa shape index (κ3) is 15.5. The summed E-state index contributed by atoms with van der Waals surface area (Å²) in [5.41, 5.74) is 34.3. The van der Waals surface area contributed by atoms with Gasteiger partial charge in [0, 0.05) is 150 Å². The number of fused-ring (bicyclic) bond motifs is 24. The second-order valence-corrected chi connectivity index (χ2v) is 32.3. The van der Waals surface area contributed by atoms with Crippen molar-refractivity contribution in [1.82, 2.24) is 37.5 Å². The van der Waals surface area contributed by atoms with Crippen LogP contribution < -0.4 is 0 Å². The molecule has 0 unspecified atom stereocenters. The molecule has 0 spiro atoms. The molecular formula is C113H86Ir4N8-4. The standard InChI is InChI=1S/C35H25N2.C33H21N2.C29H29N2.C16H11N2.4Ir/c1-23-20-31-29-16-9-10-17-30(29)35-36-22-33(37(35)32(31)21-24(23)2)34-27(25-12-5-3-6-13-25)18-11-19-28(34)26-14-7-4-8-15-26;1-3-12-23(13-4-1)25-19-11-20-26(24-14-5-2-6-15-24)32(25)31-22-34-33-29-18-8-7-16-27(29)28-17-9-10-21-30(28)35(31)33;1-17(2)21-12-9-13-22(18(3)4)28(21)27-16-30-29-24-11-8-7-10-23(24)25-14-19(5)20(6)15-26(25)31(27)29;1-11-6-7-15-14(10-11)12-4-2-3-5-13(12)16-17-8-9-18(15)16;;;;/h3-16,18-22H,1-2H3;1-17,19-22H;7-10,12-18H,1-6H3;2-4,6-10H,1H3;;;;/q4*-1;;;;. The SMILES string of the molecule is Cc1cc2c3ccc[c-]c3c3ncc(-c4c(-c5ccccc5)cccc4-c4ccccc4)n3c2cc1C.Cc1cc2c3ccc[c-]c3c3ncc(-c4c(C(C)C)cccc4C(C)C)n3c2cc1C.Cc1ccc2c(c1)c1ccc[c-]c1c1nccn21.[Ir].[Ir].[Ir].[Ir].[c-]1cccc2c1c1ncc(-c3c(-c4ccccc4)cccc3-c3ccccc3)n1c1ccccc21. The Morgan fingerprint density at radius 1 is 0.264 bits per heavy atom. The van der Waals surface area contributed by atoms with E-state index >= 15 is 0 Å². The van der Waals surface area contributed by atoms with E-state index in [-0.39, 0.29) is 80.4 Å². The number of aromatic nitrogens is 8. The molecule has 0 fully saturated rings. The minimum Gasteiger partial charge on any atom is -0.340 e. The van der Waals surface area contributed by atoms with Gasteiger partial charge in [0.05, 0.1) is 39.7 Å². The number of rotatable bonds is 9. The predicted molar refractivity (Wildman–Crippen MR) is 506 cm³/mol. The number of benzene rings is 15. The van der Waals surface area contributed by atoms with Gasteiger partial charge in [-0.05, 0) is 170 Å². The summed E-state index contributed by atoms with van der Waals surface area (Å²) in [4.78, 5) is 19.4. The van der Waals surface area contributed by atoms with Crippen molar-refractivity contribution in [3.05, 3.63) is 410 Å². The minimum absolute atomic E-state index is 0. The molecule has 23 aromatic rings. The number of nitrogens with zero attached hydrogens (tertiary/aromatic N) is 8. The maximum atomic E-state index is 5.03. The summed E-state index contributed by atoms with van der Waals surface area (Å²) >= 11 is 0. The predicted octanol–water partition coefficient (Wildman–Crippen LogP) is 29.2. The summed E-state index contributed by atoms with van der Waals surface area (Å²) in [6.45, 7) is 20.0. The van der Waals surface area contributed by atoms with Crippen molar-refractivity contribution >= 4 is 109 Å². The van der Waals surface area contributed by atoms with Crippen LogP contribution in [0, 0.1) is 58.9 Å². The van der Waals surface area contributed by atoms with Crippen LogP contribution in [0.5, 0.6) is 0 Å². The van der Waals surface area contributed by atoms with Crippen molar-refractivity contribution in [3.63, 3.8) is 0 Å². The minimum atomic E-state index is 0. The van der Waals surface area contributed by atoms with Gasteiger partial charge in [0.1, 0.15) is 0 Å². The van der Waals surface area contributed by atoms with Crippen molar-refractivity contribution in [3.8, 4) is 78.3 Å². The van der Waals surface area contributed by atoms with Gasteiger partial charge >= 0.3 is 0 Å². The van der Waals surface area contributed by atoms with Gasteiger partial charge in [-0.15, -0.1) is 119 Å².